The Morgan fingerprint density at radius 2 is 2.06 bits per heavy atom. The van der Waals surface area contributed by atoms with Crippen LogP contribution in [-0.2, 0) is 11.3 Å². The minimum absolute atomic E-state index is 0.0482. The summed E-state index contributed by atoms with van der Waals surface area (Å²) in [6.07, 6.45) is 0.636. The highest BCUT2D eigenvalue weighted by atomic mass is 16.7. The lowest BCUT2D eigenvalue weighted by atomic mass is 10.0. The van der Waals surface area contributed by atoms with E-state index < -0.39 is 0 Å². The van der Waals surface area contributed by atoms with Gasteiger partial charge in [0.05, 0.1) is 6.54 Å². The quantitative estimate of drug-likeness (QED) is 0.801. The largest absolute Gasteiger partial charge is 0.454 e. The van der Waals surface area contributed by atoms with E-state index in [-0.39, 0.29) is 5.54 Å². The fourth-order valence-corrected chi connectivity index (χ4v) is 2.61. The van der Waals surface area contributed by atoms with Gasteiger partial charge in [-0.15, -0.1) is 0 Å². The first-order valence-electron chi connectivity index (χ1n) is 6.20. The number of ketones is 1. The lowest BCUT2D eigenvalue weighted by Gasteiger charge is -2.30. The van der Waals surface area contributed by atoms with Crippen molar-refractivity contribution >= 4 is 5.78 Å². The Balaban J connectivity index is 1.79. The van der Waals surface area contributed by atoms with Crippen molar-refractivity contribution in [3.05, 3.63) is 23.8 Å². The highest BCUT2D eigenvalue weighted by Crippen LogP contribution is 2.34. The van der Waals surface area contributed by atoms with Gasteiger partial charge in [0.2, 0.25) is 6.79 Å². The van der Waals surface area contributed by atoms with Gasteiger partial charge >= 0.3 is 0 Å². The van der Waals surface area contributed by atoms with Crippen molar-refractivity contribution in [2.45, 2.75) is 32.4 Å². The minimum atomic E-state index is -0.0482. The number of rotatable bonds is 2. The molecule has 0 N–H and O–H groups in total. The summed E-state index contributed by atoms with van der Waals surface area (Å²) in [6, 6.07) is 5.97. The maximum absolute atomic E-state index is 11.6. The lowest BCUT2D eigenvalue weighted by Crippen LogP contribution is -2.37. The van der Waals surface area contributed by atoms with Gasteiger partial charge in [0.1, 0.15) is 5.78 Å². The van der Waals surface area contributed by atoms with Gasteiger partial charge in [-0.3, -0.25) is 9.69 Å². The third kappa shape index (κ3) is 1.97. The number of likely N-dealkylation sites (tertiary alicyclic amines) is 1. The van der Waals surface area contributed by atoms with Crippen LogP contribution in [0.4, 0.5) is 0 Å². The number of ether oxygens (including phenoxy) is 2. The summed E-state index contributed by atoms with van der Waals surface area (Å²) in [5.74, 6) is 1.92. The van der Waals surface area contributed by atoms with Crippen LogP contribution in [0.15, 0.2) is 18.2 Å². The summed E-state index contributed by atoms with van der Waals surface area (Å²) in [4.78, 5) is 13.8. The SMILES string of the molecule is CC1(C)CC(=O)CN1Cc1ccc2c(c1)OCO2. The zero-order valence-corrected chi connectivity index (χ0v) is 10.7. The van der Waals surface area contributed by atoms with Crippen molar-refractivity contribution in [1.82, 2.24) is 4.90 Å². The summed E-state index contributed by atoms with van der Waals surface area (Å²) >= 11 is 0. The second kappa shape index (κ2) is 3.99. The van der Waals surface area contributed by atoms with Crippen LogP contribution in [0.3, 0.4) is 0 Å². The molecule has 4 nitrogen and oxygen atoms in total. The number of Topliss-reactive ketones (excluding diaryl/α,β-unsaturated/α-hetero) is 1. The Bertz CT molecular complexity index is 496. The van der Waals surface area contributed by atoms with Gasteiger partial charge in [-0.2, -0.15) is 0 Å². The number of benzene rings is 1. The third-order valence-electron chi connectivity index (χ3n) is 3.66. The summed E-state index contributed by atoms with van der Waals surface area (Å²) in [7, 11) is 0. The number of carbonyl (C=O) groups is 1. The van der Waals surface area contributed by atoms with E-state index >= 15 is 0 Å². The number of hydrogen-bond acceptors (Lipinski definition) is 4. The molecule has 0 unspecified atom stereocenters. The molecule has 1 aromatic rings. The Kier molecular flexibility index (Phi) is 2.55. The van der Waals surface area contributed by atoms with Crippen LogP contribution < -0.4 is 9.47 Å². The van der Waals surface area contributed by atoms with Crippen LogP contribution in [0, 0.1) is 0 Å². The maximum Gasteiger partial charge on any atom is 0.231 e. The van der Waals surface area contributed by atoms with Gasteiger partial charge in [-0.25, -0.2) is 0 Å². The van der Waals surface area contributed by atoms with Crippen molar-refractivity contribution in [2.24, 2.45) is 0 Å². The predicted octanol–water partition coefficient (Wildman–Crippen LogP) is 1.97. The molecule has 0 saturated carbocycles. The monoisotopic (exact) mass is 247 g/mol. The van der Waals surface area contributed by atoms with Crippen LogP contribution >= 0.6 is 0 Å². The number of nitrogens with zero attached hydrogens (tertiary/aromatic N) is 1. The minimum Gasteiger partial charge on any atom is -0.454 e. The highest BCUT2D eigenvalue weighted by molar-refractivity contribution is 5.84. The molecule has 18 heavy (non-hydrogen) atoms. The van der Waals surface area contributed by atoms with Crippen LogP contribution in [0.25, 0.3) is 0 Å². The van der Waals surface area contributed by atoms with Crippen molar-refractivity contribution in [1.29, 1.82) is 0 Å². The summed E-state index contributed by atoms with van der Waals surface area (Å²) in [5.41, 5.74) is 1.11. The first-order valence-corrected chi connectivity index (χ1v) is 6.20. The van der Waals surface area contributed by atoms with Crippen molar-refractivity contribution < 1.29 is 14.3 Å². The molecule has 1 aromatic carbocycles. The average Bonchev–Trinajstić information content (AvgIpc) is 2.83. The molecule has 1 saturated heterocycles. The molecule has 0 aromatic heterocycles. The third-order valence-corrected chi connectivity index (χ3v) is 3.66. The molecule has 0 spiro atoms. The smallest absolute Gasteiger partial charge is 0.231 e. The van der Waals surface area contributed by atoms with Gasteiger partial charge in [0, 0.05) is 18.5 Å². The van der Waals surface area contributed by atoms with E-state index in [4.69, 9.17) is 9.47 Å². The van der Waals surface area contributed by atoms with E-state index in [0.717, 1.165) is 23.6 Å². The molecule has 4 heteroatoms. The van der Waals surface area contributed by atoms with E-state index in [0.29, 0.717) is 25.5 Å². The van der Waals surface area contributed by atoms with Crippen LogP contribution in [0.1, 0.15) is 25.8 Å². The second-order valence-electron chi connectivity index (χ2n) is 5.57. The summed E-state index contributed by atoms with van der Waals surface area (Å²) < 4.78 is 10.7. The Morgan fingerprint density at radius 3 is 2.78 bits per heavy atom. The molecule has 1 fully saturated rings. The Hall–Kier alpha value is -1.55. The molecule has 0 bridgehead atoms. The van der Waals surface area contributed by atoms with Crippen molar-refractivity contribution in [3.63, 3.8) is 0 Å². The highest BCUT2D eigenvalue weighted by Gasteiger charge is 2.37. The molecule has 2 aliphatic rings. The van der Waals surface area contributed by atoms with Crippen molar-refractivity contribution in [3.8, 4) is 11.5 Å². The fraction of sp³-hybridized carbons (Fsp3) is 0.500. The number of carbonyl (C=O) groups excluding carboxylic acids is 1. The number of hydrogen-bond donors (Lipinski definition) is 0. The van der Waals surface area contributed by atoms with Gasteiger partial charge in [0.15, 0.2) is 11.5 Å². The van der Waals surface area contributed by atoms with Gasteiger partial charge in [-0.1, -0.05) is 6.07 Å². The lowest BCUT2D eigenvalue weighted by molar-refractivity contribution is -0.117. The Labute approximate surface area is 106 Å². The molecular weight excluding hydrogens is 230 g/mol. The second-order valence-corrected chi connectivity index (χ2v) is 5.57. The zero-order chi connectivity index (χ0) is 12.8. The number of fused-ring (bicyclic) bond motifs is 1. The molecule has 2 aliphatic heterocycles. The molecule has 0 radical (unpaired) electrons. The topological polar surface area (TPSA) is 38.8 Å². The van der Waals surface area contributed by atoms with Gasteiger partial charge in [-0.05, 0) is 31.5 Å². The van der Waals surface area contributed by atoms with E-state index in [1.807, 2.05) is 18.2 Å². The first kappa shape index (κ1) is 11.5. The molecule has 0 amide bonds. The van der Waals surface area contributed by atoms with E-state index in [1.165, 1.54) is 0 Å². The molecule has 3 rings (SSSR count). The van der Waals surface area contributed by atoms with Gasteiger partial charge in [0.25, 0.3) is 0 Å². The zero-order valence-electron chi connectivity index (χ0n) is 10.7. The molecule has 0 atom stereocenters. The molecule has 0 aliphatic carbocycles. The standard InChI is InChI=1S/C14H17NO3/c1-14(2)6-11(16)8-15(14)7-10-3-4-12-13(5-10)18-9-17-12/h3-5H,6-9H2,1-2H3. The van der Waals surface area contributed by atoms with Crippen molar-refractivity contribution in [2.75, 3.05) is 13.3 Å². The van der Waals surface area contributed by atoms with Crippen LogP contribution in [0.2, 0.25) is 0 Å². The summed E-state index contributed by atoms with van der Waals surface area (Å²) in [5, 5.41) is 0. The normalized spacial score (nSPS) is 21.6. The molecular formula is C14H17NO3. The van der Waals surface area contributed by atoms with E-state index in [9.17, 15) is 4.79 Å². The van der Waals surface area contributed by atoms with Crippen LogP contribution in [-0.4, -0.2) is 29.6 Å². The van der Waals surface area contributed by atoms with Gasteiger partial charge < -0.3 is 9.47 Å². The fourth-order valence-electron chi connectivity index (χ4n) is 2.61. The van der Waals surface area contributed by atoms with E-state index in [2.05, 4.69) is 18.7 Å². The van der Waals surface area contributed by atoms with E-state index in [1.54, 1.807) is 0 Å². The average molecular weight is 247 g/mol. The summed E-state index contributed by atoms with van der Waals surface area (Å²) in [6.45, 7) is 5.85. The Morgan fingerprint density at radius 1 is 1.28 bits per heavy atom. The first-order chi connectivity index (χ1) is 8.54. The predicted molar refractivity (Wildman–Crippen MR) is 66.7 cm³/mol. The van der Waals surface area contributed by atoms with Crippen LogP contribution in [0.5, 0.6) is 11.5 Å². The molecule has 2 heterocycles. The maximum atomic E-state index is 11.6. The molecule has 96 valence electrons.